The molecule has 1 saturated carbocycles. The molecule has 1 aliphatic carbocycles. The maximum Gasteiger partial charge on any atom is 0.323 e. The third-order valence-electron chi connectivity index (χ3n) is 4.06. The minimum atomic E-state index is -1.42. The van der Waals surface area contributed by atoms with Gasteiger partial charge in [-0.1, -0.05) is 20.8 Å². The molecule has 4 heteroatoms. The summed E-state index contributed by atoms with van der Waals surface area (Å²) in [6.45, 7) is 7.44. The first-order valence-electron chi connectivity index (χ1n) is 6.66. The van der Waals surface area contributed by atoms with Crippen molar-refractivity contribution in [2.75, 3.05) is 0 Å². The molecule has 2 unspecified atom stereocenters. The third-order valence-corrected chi connectivity index (χ3v) is 4.06. The van der Waals surface area contributed by atoms with E-state index in [2.05, 4.69) is 13.8 Å². The van der Waals surface area contributed by atoms with Crippen molar-refractivity contribution in [2.45, 2.75) is 65.9 Å². The molecule has 18 heavy (non-hydrogen) atoms. The zero-order chi connectivity index (χ0) is 14.0. The predicted octanol–water partition coefficient (Wildman–Crippen LogP) is 3.00. The van der Waals surface area contributed by atoms with Gasteiger partial charge in [-0.3, -0.25) is 9.59 Å². The van der Waals surface area contributed by atoms with Crippen LogP contribution in [-0.4, -0.2) is 23.1 Å². The first-order chi connectivity index (χ1) is 8.21. The van der Waals surface area contributed by atoms with Crippen LogP contribution in [0, 0.1) is 10.8 Å². The molecule has 0 radical (unpaired) electrons. The molecule has 0 amide bonds. The predicted molar refractivity (Wildman–Crippen MR) is 68.2 cm³/mol. The van der Waals surface area contributed by atoms with Crippen LogP contribution in [0.15, 0.2) is 0 Å². The quantitative estimate of drug-likeness (QED) is 0.620. The van der Waals surface area contributed by atoms with Gasteiger partial charge in [-0.25, -0.2) is 0 Å². The van der Waals surface area contributed by atoms with Crippen LogP contribution < -0.4 is 0 Å². The fourth-order valence-corrected chi connectivity index (χ4v) is 2.39. The first-order valence-corrected chi connectivity index (χ1v) is 6.66. The highest BCUT2D eigenvalue weighted by Crippen LogP contribution is 2.37. The fraction of sp³-hybridized carbons (Fsp3) is 0.857. The van der Waals surface area contributed by atoms with E-state index in [-0.39, 0.29) is 17.9 Å². The average Bonchev–Trinajstić information content (AvgIpc) is 2.26. The molecule has 0 saturated heterocycles. The van der Waals surface area contributed by atoms with Crippen LogP contribution in [0.1, 0.15) is 59.8 Å². The van der Waals surface area contributed by atoms with Gasteiger partial charge in [-0.15, -0.1) is 0 Å². The molecule has 104 valence electrons. The summed E-state index contributed by atoms with van der Waals surface area (Å²) in [5.41, 5.74) is -1.24. The third kappa shape index (κ3) is 3.24. The molecule has 1 rings (SSSR count). The van der Waals surface area contributed by atoms with Crippen LogP contribution in [0.3, 0.4) is 0 Å². The van der Waals surface area contributed by atoms with E-state index in [9.17, 15) is 9.59 Å². The van der Waals surface area contributed by atoms with Crippen molar-refractivity contribution in [1.82, 2.24) is 0 Å². The van der Waals surface area contributed by atoms with Gasteiger partial charge in [0.2, 0.25) is 0 Å². The van der Waals surface area contributed by atoms with Gasteiger partial charge >= 0.3 is 11.9 Å². The standard InChI is InChI=1S/C14H24O4/c1-5-14(4,11(15)16)12(17)18-10-7-6-8-13(2,3)9-10/h10H,5-9H2,1-4H3,(H,15,16). The van der Waals surface area contributed by atoms with Crippen molar-refractivity contribution >= 4 is 11.9 Å². The molecule has 0 aromatic heterocycles. The highest BCUT2D eigenvalue weighted by atomic mass is 16.5. The number of aliphatic carboxylic acids is 1. The zero-order valence-electron chi connectivity index (χ0n) is 11.8. The summed E-state index contributed by atoms with van der Waals surface area (Å²) in [7, 11) is 0. The highest BCUT2D eigenvalue weighted by Gasteiger charge is 2.43. The van der Waals surface area contributed by atoms with E-state index in [0.717, 1.165) is 25.7 Å². The van der Waals surface area contributed by atoms with E-state index in [4.69, 9.17) is 9.84 Å². The van der Waals surface area contributed by atoms with Gasteiger partial charge in [0.15, 0.2) is 5.41 Å². The lowest BCUT2D eigenvalue weighted by molar-refractivity contribution is -0.173. The van der Waals surface area contributed by atoms with Crippen molar-refractivity contribution < 1.29 is 19.4 Å². The second-order valence-electron chi connectivity index (χ2n) is 6.28. The van der Waals surface area contributed by atoms with Crippen LogP contribution in [0.25, 0.3) is 0 Å². The Morgan fingerprint density at radius 1 is 1.44 bits per heavy atom. The highest BCUT2D eigenvalue weighted by molar-refractivity contribution is 5.98. The lowest BCUT2D eigenvalue weighted by atomic mass is 9.76. The molecule has 1 aliphatic rings. The van der Waals surface area contributed by atoms with Gasteiger partial charge in [0.25, 0.3) is 0 Å². The average molecular weight is 256 g/mol. The van der Waals surface area contributed by atoms with Gasteiger partial charge in [-0.05, 0) is 44.4 Å². The van der Waals surface area contributed by atoms with Gasteiger partial charge in [0, 0.05) is 0 Å². The minimum absolute atomic E-state index is 0.133. The number of hydrogen-bond donors (Lipinski definition) is 1. The van der Waals surface area contributed by atoms with Crippen molar-refractivity contribution in [3.05, 3.63) is 0 Å². The van der Waals surface area contributed by atoms with E-state index in [1.807, 2.05) is 0 Å². The fourth-order valence-electron chi connectivity index (χ4n) is 2.39. The first kappa shape index (κ1) is 15.0. The molecular formula is C14H24O4. The number of carbonyl (C=O) groups is 2. The molecule has 1 fully saturated rings. The monoisotopic (exact) mass is 256 g/mol. The Balaban J connectivity index is 2.67. The Morgan fingerprint density at radius 2 is 2.06 bits per heavy atom. The molecule has 0 aromatic carbocycles. The Labute approximate surface area is 109 Å². The maximum absolute atomic E-state index is 12.0. The summed E-state index contributed by atoms with van der Waals surface area (Å²) in [5, 5.41) is 9.13. The van der Waals surface area contributed by atoms with Gasteiger partial charge in [0.1, 0.15) is 6.10 Å². The number of carbonyl (C=O) groups excluding carboxylic acids is 1. The number of ether oxygens (including phenoxy) is 1. The summed E-state index contributed by atoms with van der Waals surface area (Å²) in [6, 6.07) is 0. The maximum atomic E-state index is 12.0. The largest absolute Gasteiger partial charge is 0.480 e. The second-order valence-corrected chi connectivity index (χ2v) is 6.28. The van der Waals surface area contributed by atoms with Crippen LogP contribution >= 0.6 is 0 Å². The van der Waals surface area contributed by atoms with E-state index in [0.29, 0.717) is 0 Å². The smallest absolute Gasteiger partial charge is 0.323 e. The summed E-state index contributed by atoms with van der Waals surface area (Å²) in [4.78, 5) is 23.2. The molecule has 0 aromatic rings. The van der Waals surface area contributed by atoms with E-state index in [1.54, 1.807) is 6.92 Å². The topological polar surface area (TPSA) is 63.6 Å². The van der Waals surface area contributed by atoms with Crippen LogP contribution in [-0.2, 0) is 14.3 Å². The molecule has 0 heterocycles. The molecule has 1 N–H and O–H groups in total. The second kappa shape index (κ2) is 5.29. The Morgan fingerprint density at radius 3 is 2.50 bits per heavy atom. The van der Waals surface area contributed by atoms with E-state index >= 15 is 0 Å². The molecular weight excluding hydrogens is 232 g/mol. The van der Waals surface area contributed by atoms with Crippen LogP contribution in [0.2, 0.25) is 0 Å². The minimum Gasteiger partial charge on any atom is -0.480 e. The van der Waals surface area contributed by atoms with Gasteiger partial charge in [-0.2, -0.15) is 0 Å². The van der Waals surface area contributed by atoms with Crippen molar-refractivity contribution in [3.63, 3.8) is 0 Å². The molecule has 0 spiro atoms. The zero-order valence-corrected chi connectivity index (χ0v) is 11.8. The summed E-state index contributed by atoms with van der Waals surface area (Å²) >= 11 is 0. The van der Waals surface area contributed by atoms with Crippen molar-refractivity contribution in [3.8, 4) is 0 Å². The van der Waals surface area contributed by atoms with E-state index in [1.165, 1.54) is 6.92 Å². The summed E-state index contributed by atoms with van der Waals surface area (Å²) in [6.07, 6.45) is 3.93. The number of rotatable bonds is 4. The van der Waals surface area contributed by atoms with Crippen LogP contribution in [0.4, 0.5) is 0 Å². The number of hydrogen-bond acceptors (Lipinski definition) is 3. The number of esters is 1. The summed E-state index contributed by atoms with van der Waals surface area (Å²) in [5.74, 6) is -1.70. The lowest BCUT2D eigenvalue weighted by Gasteiger charge is -2.36. The Hall–Kier alpha value is -1.06. The SMILES string of the molecule is CCC(C)(C(=O)O)C(=O)OC1CCCC(C)(C)C1. The van der Waals surface area contributed by atoms with Crippen molar-refractivity contribution in [2.24, 2.45) is 10.8 Å². The Kier molecular flexibility index (Phi) is 4.41. The van der Waals surface area contributed by atoms with Crippen molar-refractivity contribution in [1.29, 1.82) is 0 Å². The summed E-state index contributed by atoms with van der Waals surface area (Å²) < 4.78 is 5.42. The van der Waals surface area contributed by atoms with Crippen LogP contribution in [0.5, 0.6) is 0 Å². The van der Waals surface area contributed by atoms with Gasteiger partial charge in [0.05, 0.1) is 0 Å². The number of carboxylic acids is 1. The molecule has 4 nitrogen and oxygen atoms in total. The molecule has 0 aliphatic heterocycles. The molecule has 0 bridgehead atoms. The lowest BCUT2D eigenvalue weighted by Crippen LogP contribution is -2.40. The van der Waals surface area contributed by atoms with Gasteiger partial charge < -0.3 is 9.84 Å². The normalized spacial score (nSPS) is 26.1. The molecule has 2 atom stereocenters. The van der Waals surface area contributed by atoms with E-state index < -0.39 is 17.4 Å². The Bertz CT molecular complexity index is 335. The number of carboxylic acid groups (broad SMARTS) is 1.